The zero-order valence-electron chi connectivity index (χ0n) is 13.8. The van der Waals surface area contributed by atoms with Crippen molar-refractivity contribution in [2.24, 2.45) is 0 Å². The number of aromatic nitrogens is 3. The van der Waals surface area contributed by atoms with Gasteiger partial charge in [0.25, 0.3) is 0 Å². The molecule has 0 fully saturated rings. The number of hydrogen-bond donors (Lipinski definition) is 2. The summed E-state index contributed by atoms with van der Waals surface area (Å²) in [5, 5.41) is 10.9. The molecule has 0 radical (unpaired) electrons. The maximum Gasteiger partial charge on any atom is 0.235 e. The minimum Gasteiger partial charge on any atom is -0.473 e. The predicted octanol–water partition coefficient (Wildman–Crippen LogP) is 3.39. The topological polar surface area (TPSA) is 71.0 Å². The van der Waals surface area contributed by atoms with Crippen LogP contribution in [0.3, 0.4) is 0 Å². The molecule has 2 heterocycles. The van der Waals surface area contributed by atoms with E-state index in [0.717, 1.165) is 22.2 Å². The van der Waals surface area contributed by atoms with Crippen LogP contribution in [0.4, 0.5) is 0 Å². The molecule has 3 aromatic rings. The maximum absolute atomic E-state index is 9.74. The zero-order chi connectivity index (χ0) is 16.6. The molecule has 120 valence electrons. The Morgan fingerprint density at radius 1 is 1.26 bits per heavy atom. The summed E-state index contributed by atoms with van der Waals surface area (Å²) in [5.74, 6) is 0.451. The Morgan fingerprint density at radius 3 is 2.74 bits per heavy atom. The lowest BCUT2D eigenvalue weighted by atomic mass is 10.1. The van der Waals surface area contributed by atoms with E-state index in [1.807, 2.05) is 19.2 Å². The number of para-hydroxylation sites is 1. The summed E-state index contributed by atoms with van der Waals surface area (Å²) in [6, 6.07) is 6.19. The van der Waals surface area contributed by atoms with Crippen LogP contribution < -0.4 is 4.74 Å². The number of rotatable bonds is 4. The summed E-state index contributed by atoms with van der Waals surface area (Å²) in [7, 11) is 0. The first-order valence-electron chi connectivity index (χ1n) is 7.61. The molecular formula is C18H21N3O2. The van der Waals surface area contributed by atoms with E-state index in [-0.39, 0.29) is 6.61 Å². The molecule has 23 heavy (non-hydrogen) atoms. The van der Waals surface area contributed by atoms with Crippen molar-refractivity contribution in [3.05, 3.63) is 41.9 Å². The van der Waals surface area contributed by atoms with Gasteiger partial charge in [0.2, 0.25) is 5.88 Å². The normalized spacial score (nSPS) is 11.9. The van der Waals surface area contributed by atoms with Gasteiger partial charge >= 0.3 is 0 Å². The van der Waals surface area contributed by atoms with E-state index in [4.69, 9.17) is 4.74 Å². The molecule has 1 aromatic carbocycles. The first kappa shape index (κ1) is 15.5. The number of H-pyrrole nitrogens is 1. The highest BCUT2D eigenvalue weighted by atomic mass is 16.5. The molecule has 3 rings (SSSR count). The minimum absolute atomic E-state index is 0.175. The van der Waals surface area contributed by atoms with E-state index in [1.165, 1.54) is 5.56 Å². The highest BCUT2D eigenvalue weighted by Crippen LogP contribution is 2.29. The third-order valence-corrected chi connectivity index (χ3v) is 3.66. The van der Waals surface area contributed by atoms with E-state index in [2.05, 4.69) is 34.0 Å². The van der Waals surface area contributed by atoms with Crippen molar-refractivity contribution in [1.82, 2.24) is 15.0 Å². The third kappa shape index (κ3) is 3.19. The smallest absolute Gasteiger partial charge is 0.235 e. The molecule has 0 spiro atoms. The van der Waals surface area contributed by atoms with Crippen molar-refractivity contribution in [2.45, 2.75) is 33.3 Å². The molecule has 0 atom stereocenters. The Kier molecular flexibility index (Phi) is 3.82. The van der Waals surface area contributed by atoms with Gasteiger partial charge in [0.15, 0.2) is 0 Å². The lowest BCUT2D eigenvalue weighted by molar-refractivity contribution is 0.0264. The van der Waals surface area contributed by atoms with Crippen molar-refractivity contribution < 1.29 is 9.84 Å². The predicted molar refractivity (Wildman–Crippen MR) is 90.6 cm³/mol. The van der Waals surface area contributed by atoms with Gasteiger partial charge in [-0.3, -0.25) is 0 Å². The maximum atomic E-state index is 9.74. The summed E-state index contributed by atoms with van der Waals surface area (Å²) in [6.07, 6.45) is 3.66. The Labute approximate surface area is 135 Å². The highest BCUT2D eigenvalue weighted by Gasteiger charge is 2.16. The van der Waals surface area contributed by atoms with Crippen LogP contribution in [0.15, 0.2) is 30.6 Å². The number of nitrogens with zero attached hydrogens (tertiary/aromatic N) is 2. The molecule has 0 aliphatic rings. The monoisotopic (exact) mass is 311 g/mol. The Bertz CT molecular complexity index is 847. The van der Waals surface area contributed by atoms with Crippen molar-refractivity contribution in [3.63, 3.8) is 0 Å². The number of hydrogen-bond acceptors (Lipinski definition) is 4. The van der Waals surface area contributed by atoms with Crippen LogP contribution in [0.25, 0.3) is 22.2 Å². The number of benzene rings is 1. The average Bonchev–Trinajstić information content (AvgIpc) is 2.90. The summed E-state index contributed by atoms with van der Waals surface area (Å²) in [6.45, 7) is 7.49. The zero-order valence-corrected chi connectivity index (χ0v) is 13.8. The first-order valence-corrected chi connectivity index (χ1v) is 7.61. The highest BCUT2D eigenvalue weighted by molar-refractivity contribution is 5.96. The fourth-order valence-corrected chi connectivity index (χ4v) is 2.50. The van der Waals surface area contributed by atoms with E-state index in [9.17, 15) is 5.11 Å². The van der Waals surface area contributed by atoms with E-state index in [1.54, 1.807) is 20.0 Å². The molecule has 2 aromatic heterocycles. The van der Waals surface area contributed by atoms with Crippen LogP contribution in [0.5, 0.6) is 5.88 Å². The molecule has 0 bridgehead atoms. The number of aromatic amines is 1. The van der Waals surface area contributed by atoms with Gasteiger partial charge < -0.3 is 14.8 Å². The molecular weight excluding hydrogens is 290 g/mol. The number of fused-ring (bicyclic) bond motifs is 1. The van der Waals surface area contributed by atoms with Gasteiger partial charge in [0.1, 0.15) is 12.3 Å². The van der Waals surface area contributed by atoms with Gasteiger partial charge in [-0.05, 0) is 33.3 Å². The summed E-state index contributed by atoms with van der Waals surface area (Å²) in [5.41, 5.74) is 3.94. The third-order valence-electron chi connectivity index (χ3n) is 3.66. The van der Waals surface area contributed by atoms with Crippen LogP contribution in [-0.4, -0.2) is 32.3 Å². The summed E-state index contributed by atoms with van der Waals surface area (Å²) in [4.78, 5) is 12.3. The standard InChI is InChI=1S/C18H21N3O2/c1-11-6-5-7-13-14(8-19-16(11)13)15-9-20-17(12(2)21-15)23-10-18(3,4)22/h5-9,19,22H,10H2,1-4H3. The summed E-state index contributed by atoms with van der Waals surface area (Å²) < 4.78 is 5.55. The van der Waals surface area contributed by atoms with Crippen molar-refractivity contribution in [3.8, 4) is 17.1 Å². The number of aryl methyl sites for hydroxylation is 2. The Balaban J connectivity index is 1.94. The van der Waals surface area contributed by atoms with Gasteiger partial charge in [-0.15, -0.1) is 0 Å². The second-order valence-electron chi connectivity index (χ2n) is 6.45. The van der Waals surface area contributed by atoms with Crippen molar-refractivity contribution in [1.29, 1.82) is 0 Å². The second-order valence-corrected chi connectivity index (χ2v) is 6.45. The second kappa shape index (κ2) is 5.66. The van der Waals surface area contributed by atoms with Crippen molar-refractivity contribution >= 4 is 10.9 Å². The van der Waals surface area contributed by atoms with Crippen LogP contribution in [0.2, 0.25) is 0 Å². The van der Waals surface area contributed by atoms with Crippen LogP contribution >= 0.6 is 0 Å². The van der Waals surface area contributed by atoms with Gasteiger partial charge in [-0.2, -0.15) is 0 Å². The van der Waals surface area contributed by atoms with Gasteiger partial charge in [0.05, 0.1) is 17.5 Å². The fraction of sp³-hybridized carbons (Fsp3) is 0.333. The Morgan fingerprint density at radius 2 is 2.04 bits per heavy atom. The fourth-order valence-electron chi connectivity index (χ4n) is 2.50. The van der Waals surface area contributed by atoms with E-state index in [0.29, 0.717) is 11.6 Å². The quantitative estimate of drug-likeness (QED) is 0.775. The van der Waals surface area contributed by atoms with Gasteiger partial charge in [-0.25, -0.2) is 9.97 Å². The lowest BCUT2D eigenvalue weighted by Crippen LogP contribution is -2.28. The van der Waals surface area contributed by atoms with E-state index >= 15 is 0 Å². The summed E-state index contributed by atoms with van der Waals surface area (Å²) >= 11 is 0. The molecule has 0 amide bonds. The van der Waals surface area contributed by atoms with Crippen LogP contribution in [-0.2, 0) is 0 Å². The molecule has 2 N–H and O–H groups in total. The molecule has 5 nitrogen and oxygen atoms in total. The van der Waals surface area contributed by atoms with Crippen LogP contribution in [0, 0.1) is 13.8 Å². The average molecular weight is 311 g/mol. The van der Waals surface area contributed by atoms with E-state index < -0.39 is 5.60 Å². The molecule has 0 aliphatic carbocycles. The molecule has 0 saturated carbocycles. The molecule has 0 saturated heterocycles. The molecule has 5 heteroatoms. The van der Waals surface area contributed by atoms with Crippen LogP contribution in [0.1, 0.15) is 25.1 Å². The lowest BCUT2D eigenvalue weighted by Gasteiger charge is -2.17. The number of aliphatic hydroxyl groups is 1. The number of nitrogens with one attached hydrogen (secondary N) is 1. The first-order chi connectivity index (χ1) is 10.8. The van der Waals surface area contributed by atoms with Crippen molar-refractivity contribution in [2.75, 3.05) is 6.61 Å². The van der Waals surface area contributed by atoms with Gasteiger partial charge in [0, 0.05) is 22.7 Å². The number of ether oxygens (including phenoxy) is 1. The largest absolute Gasteiger partial charge is 0.473 e. The molecule has 0 aliphatic heterocycles. The van der Waals surface area contributed by atoms with Gasteiger partial charge in [-0.1, -0.05) is 18.2 Å². The Hall–Kier alpha value is -2.40. The minimum atomic E-state index is -0.902. The SMILES string of the molecule is Cc1nc(-c2c[nH]c3c(C)cccc23)cnc1OCC(C)(C)O. The molecule has 0 unspecified atom stereocenters.